The minimum atomic E-state index is -0.411. The molecule has 0 aromatic carbocycles. The average Bonchev–Trinajstić information content (AvgIpc) is 2.77. The summed E-state index contributed by atoms with van der Waals surface area (Å²) < 4.78 is 10.8. The van der Waals surface area contributed by atoms with Crippen LogP contribution in [0.5, 0.6) is 0 Å². The number of furan rings is 1. The van der Waals surface area contributed by atoms with Gasteiger partial charge in [-0.25, -0.2) is 4.79 Å². The van der Waals surface area contributed by atoms with E-state index in [-0.39, 0.29) is 5.76 Å². The van der Waals surface area contributed by atoms with Gasteiger partial charge in [0.25, 0.3) is 0 Å². The minimum Gasteiger partial charge on any atom is -0.458 e. The number of halogens is 1. The number of hydrogen-bond acceptors (Lipinski definition) is 5. The zero-order valence-electron chi connectivity index (χ0n) is 9.45. The first-order valence-corrected chi connectivity index (χ1v) is 6.40. The first kappa shape index (κ1) is 12.6. The van der Waals surface area contributed by atoms with Crippen molar-refractivity contribution in [1.29, 1.82) is 0 Å². The van der Waals surface area contributed by atoms with E-state index in [1.54, 1.807) is 12.1 Å². The SMILES string of the molecule is O=C(OCCN1CCNCC1)c1ccc(Br)o1. The summed E-state index contributed by atoms with van der Waals surface area (Å²) in [4.78, 5) is 13.8. The van der Waals surface area contributed by atoms with Gasteiger partial charge in [0.05, 0.1) is 0 Å². The average molecular weight is 303 g/mol. The lowest BCUT2D eigenvalue weighted by molar-refractivity contribution is 0.0419. The Morgan fingerprint density at radius 1 is 1.47 bits per heavy atom. The highest BCUT2D eigenvalue weighted by Gasteiger charge is 2.13. The van der Waals surface area contributed by atoms with Crippen LogP contribution in [0.1, 0.15) is 10.6 Å². The first-order chi connectivity index (χ1) is 8.25. The molecule has 1 N–H and O–H groups in total. The Morgan fingerprint density at radius 2 is 2.24 bits per heavy atom. The van der Waals surface area contributed by atoms with Crippen molar-refractivity contribution in [3.05, 3.63) is 22.6 Å². The highest BCUT2D eigenvalue weighted by Crippen LogP contribution is 2.14. The Kier molecular flexibility index (Phi) is 4.58. The van der Waals surface area contributed by atoms with Gasteiger partial charge < -0.3 is 14.5 Å². The van der Waals surface area contributed by atoms with Crippen molar-refractivity contribution in [3.8, 4) is 0 Å². The molecule has 1 aromatic heterocycles. The fourth-order valence-corrected chi connectivity index (χ4v) is 2.00. The molecule has 2 heterocycles. The summed E-state index contributed by atoms with van der Waals surface area (Å²) >= 11 is 3.14. The maximum atomic E-state index is 11.5. The minimum absolute atomic E-state index is 0.234. The molecule has 1 aromatic rings. The third-order valence-corrected chi connectivity index (χ3v) is 3.05. The maximum absolute atomic E-state index is 11.5. The summed E-state index contributed by atoms with van der Waals surface area (Å²) in [6.45, 7) is 5.18. The lowest BCUT2D eigenvalue weighted by atomic mass is 10.3. The zero-order valence-corrected chi connectivity index (χ0v) is 11.0. The molecule has 17 heavy (non-hydrogen) atoms. The van der Waals surface area contributed by atoms with Crippen molar-refractivity contribution in [1.82, 2.24) is 10.2 Å². The molecule has 6 heteroatoms. The van der Waals surface area contributed by atoms with E-state index < -0.39 is 5.97 Å². The van der Waals surface area contributed by atoms with Crippen LogP contribution in [0.25, 0.3) is 0 Å². The molecule has 0 aliphatic carbocycles. The summed E-state index contributed by atoms with van der Waals surface area (Å²) in [5.41, 5.74) is 0. The van der Waals surface area contributed by atoms with Crippen LogP contribution in [0.4, 0.5) is 0 Å². The van der Waals surface area contributed by atoms with Crippen LogP contribution in [0, 0.1) is 0 Å². The molecule has 1 aliphatic heterocycles. The van der Waals surface area contributed by atoms with Crippen LogP contribution in [0.3, 0.4) is 0 Å². The van der Waals surface area contributed by atoms with Crippen molar-refractivity contribution in [2.24, 2.45) is 0 Å². The molecule has 0 radical (unpaired) electrons. The summed E-state index contributed by atoms with van der Waals surface area (Å²) in [5, 5.41) is 3.27. The molecule has 0 bridgehead atoms. The maximum Gasteiger partial charge on any atom is 0.374 e. The van der Waals surface area contributed by atoms with Gasteiger partial charge in [0, 0.05) is 32.7 Å². The molecule has 5 nitrogen and oxygen atoms in total. The van der Waals surface area contributed by atoms with E-state index in [1.165, 1.54) is 0 Å². The van der Waals surface area contributed by atoms with Gasteiger partial charge in [-0.05, 0) is 28.1 Å². The molecule has 0 unspecified atom stereocenters. The predicted molar refractivity (Wildman–Crippen MR) is 66.0 cm³/mol. The molecule has 0 spiro atoms. The van der Waals surface area contributed by atoms with E-state index in [9.17, 15) is 4.79 Å². The highest BCUT2D eigenvalue weighted by atomic mass is 79.9. The van der Waals surface area contributed by atoms with E-state index in [0.717, 1.165) is 32.7 Å². The van der Waals surface area contributed by atoms with Crippen LogP contribution in [0.2, 0.25) is 0 Å². The van der Waals surface area contributed by atoms with Crippen molar-refractivity contribution in [2.45, 2.75) is 0 Å². The summed E-state index contributed by atoms with van der Waals surface area (Å²) in [5.74, 6) is -0.178. The Balaban J connectivity index is 1.69. The molecule has 1 fully saturated rings. The van der Waals surface area contributed by atoms with Crippen molar-refractivity contribution in [3.63, 3.8) is 0 Å². The molecule has 1 aliphatic rings. The number of rotatable bonds is 4. The summed E-state index contributed by atoms with van der Waals surface area (Å²) in [6, 6.07) is 3.27. The highest BCUT2D eigenvalue weighted by molar-refractivity contribution is 9.10. The third-order valence-electron chi connectivity index (χ3n) is 2.62. The van der Waals surface area contributed by atoms with Gasteiger partial charge in [0.1, 0.15) is 6.61 Å². The number of carbonyl (C=O) groups excluding carboxylic acids is 1. The smallest absolute Gasteiger partial charge is 0.374 e. The van der Waals surface area contributed by atoms with Crippen molar-refractivity contribution in [2.75, 3.05) is 39.3 Å². The second-order valence-electron chi connectivity index (χ2n) is 3.83. The summed E-state index contributed by atoms with van der Waals surface area (Å²) in [6.07, 6.45) is 0. The van der Waals surface area contributed by atoms with Crippen LogP contribution < -0.4 is 5.32 Å². The second-order valence-corrected chi connectivity index (χ2v) is 4.61. The van der Waals surface area contributed by atoms with E-state index >= 15 is 0 Å². The number of hydrogen-bond donors (Lipinski definition) is 1. The Morgan fingerprint density at radius 3 is 2.88 bits per heavy atom. The fraction of sp³-hybridized carbons (Fsp3) is 0.545. The molecule has 1 saturated heterocycles. The molecule has 2 rings (SSSR count). The second kappa shape index (κ2) is 6.18. The standard InChI is InChI=1S/C11H15BrN2O3/c12-10-2-1-9(17-10)11(15)16-8-7-14-5-3-13-4-6-14/h1-2,13H,3-8H2. The van der Waals surface area contributed by atoms with E-state index in [4.69, 9.17) is 9.15 Å². The number of nitrogens with zero attached hydrogens (tertiary/aromatic N) is 1. The van der Waals surface area contributed by atoms with Crippen molar-refractivity contribution < 1.29 is 13.9 Å². The van der Waals surface area contributed by atoms with Gasteiger partial charge in [-0.2, -0.15) is 0 Å². The fourth-order valence-electron chi connectivity index (χ4n) is 1.70. The summed E-state index contributed by atoms with van der Waals surface area (Å²) in [7, 11) is 0. The Hall–Kier alpha value is -0.850. The van der Waals surface area contributed by atoms with Gasteiger partial charge in [0.2, 0.25) is 5.76 Å². The molecule has 0 amide bonds. The Bertz CT molecular complexity index is 375. The molecular weight excluding hydrogens is 288 g/mol. The quantitative estimate of drug-likeness (QED) is 0.844. The lowest BCUT2D eigenvalue weighted by Crippen LogP contribution is -2.44. The van der Waals surface area contributed by atoms with Gasteiger partial charge in [-0.15, -0.1) is 0 Å². The van der Waals surface area contributed by atoms with E-state index in [2.05, 4.69) is 26.1 Å². The van der Waals surface area contributed by atoms with Crippen molar-refractivity contribution >= 4 is 21.9 Å². The Labute approximate surface area is 108 Å². The van der Waals surface area contributed by atoms with Crippen LogP contribution in [-0.4, -0.2) is 50.2 Å². The molecule has 94 valence electrons. The third kappa shape index (κ3) is 3.83. The number of esters is 1. The van der Waals surface area contributed by atoms with E-state index in [1.807, 2.05) is 0 Å². The van der Waals surface area contributed by atoms with Gasteiger partial charge in [-0.3, -0.25) is 4.90 Å². The monoisotopic (exact) mass is 302 g/mol. The predicted octanol–water partition coefficient (Wildman–Crippen LogP) is 1.10. The number of ether oxygens (including phenoxy) is 1. The van der Waals surface area contributed by atoms with Gasteiger partial charge >= 0.3 is 5.97 Å². The van der Waals surface area contributed by atoms with Crippen LogP contribution >= 0.6 is 15.9 Å². The largest absolute Gasteiger partial charge is 0.458 e. The molecule has 0 atom stereocenters. The van der Waals surface area contributed by atoms with Crippen LogP contribution in [-0.2, 0) is 4.74 Å². The first-order valence-electron chi connectivity index (χ1n) is 5.61. The van der Waals surface area contributed by atoms with Crippen LogP contribution in [0.15, 0.2) is 21.2 Å². The van der Waals surface area contributed by atoms with Gasteiger partial charge in [-0.1, -0.05) is 0 Å². The molecule has 0 saturated carbocycles. The number of carbonyl (C=O) groups is 1. The van der Waals surface area contributed by atoms with E-state index in [0.29, 0.717) is 11.3 Å². The topological polar surface area (TPSA) is 54.7 Å². The van der Waals surface area contributed by atoms with Gasteiger partial charge in [0.15, 0.2) is 4.67 Å². The lowest BCUT2D eigenvalue weighted by Gasteiger charge is -2.26. The normalized spacial score (nSPS) is 17.0. The number of piperazine rings is 1. The molecular formula is C11H15BrN2O3. The number of nitrogens with one attached hydrogen (secondary N) is 1. The zero-order chi connectivity index (χ0) is 12.1.